The molecule has 6 nitrogen and oxygen atoms in total. The molecule has 2 heterocycles. The van der Waals surface area contributed by atoms with Crippen molar-refractivity contribution in [1.29, 1.82) is 0 Å². The fourth-order valence-electron chi connectivity index (χ4n) is 3.57. The van der Waals surface area contributed by atoms with E-state index in [0.717, 1.165) is 11.3 Å². The van der Waals surface area contributed by atoms with Crippen LogP contribution in [0.5, 0.6) is 0 Å². The molecule has 0 aliphatic carbocycles. The Bertz CT molecular complexity index is 1060. The van der Waals surface area contributed by atoms with Gasteiger partial charge in [-0.15, -0.1) is 0 Å². The lowest BCUT2D eigenvalue weighted by Gasteiger charge is -2.31. The number of carbonyl (C=O) groups is 1. The molecule has 1 atom stereocenters. The van der Waals surface area contributed by atoms with Crippen molar-refractivity contribution in [3.63, 3.8) is 0 Å². The zero-order valence-electron chi connectivity index (χ0n) is 16.5. The van der Waals surface area contributed by atoms with Crippen molar-refractivity contribution >= 4 is 11.6 Å². The molecule has 0 saturated carbocycles. The molecule has 1 fully saturated rings. The second-order valence-corrected chi connectivity index (χ2v) is 7.48. The fourth-order valence-corrected chi connectivity index (χ4v) is 3.57. The summed E-state index contributed by atoms with van der Waals surface area (Å²) < 4.78 is 19.8. The van der Waals surface area contributed by atoms with E-state index >= 15 is 0 Å². The molecular formula is C22H23FN4O2. The molecule has 0 bridgehead atoms. The van der Waals surface area contributed by atoms with Gasteiger partial charge in [0.2, 0.25) is 17.6 Å². The number of aromatic nitrogens is 2. The molecular weight excluding hydrogens is 371 g/mol. The quantitative estimate of drug-likeness (QED) is 0.726. The smallest absolute Gasteiger partial charge is 0.231 e. The second kappa shape index (κ2) is 7.75. The zero-order chi connectivity index (χ0) is 20.5. The Labute approximate surface area is 168 Å². The summed E-state index contributed by atoms with van der Waals surface area (Å²) in [4.78, 5) is 18.7. The number of nitrogens with two attached hydrogens (primary N) is 1. The minimum absolute atomic E-state index is 0.0765. The highest BCUT2D eigenvalue weighted by Crippen LogP contribution is 2.32. The lowest BCUT2D eigenvalue weighted by Crippen LogP contribution is -2.39. The number of rotatable bonds is 4. The third-order valence-corrected chi connectivity index (χ3v) is 5.51. The van der Waals surface area contributed by atoms with Crippen molar-refractivity contribution in [1.82, 2.24) is 10.1 Å². The maximum Gasteiger partial charge on any atom is 0.231 e. The van der Waals surface area contributed by atoms with E-state index in [1.807, 2.05) is 32.0 Å². The Morgan fingerprint density at radius 1 is 1.21 bits per heavy atom. The molecule has 1 amide bonds. The van der Waals surface area contributed by atoms with Crippen LogP contribution in [0, 0.1) is 19.7 Å². The maximum atomic E-state index is 14.3. The van der Waals surface area contributed by atoms with Crippen LogP contribution in [-0.4, -0.2) is 22.6 Å². The van der Waals surface area contributed by atoms with Crippen LogP contribution in [0.2, 0.25) is 0 Å². The van der Waals surface area contributed by atoms with E-state index in [1.54, 1.807) is 17.0 Å². The first kappa shape index (κ1) is 19.3. The van der Waals surface area contributed by atoms with Crippen molar-refractivity contribution in [2.45, 2.75) is 39.2 Å². The van der Waals surface area contributed by atoms with Gasteiger partial charge in [0, 0.05) is 25.2 Å². The molecule has 0 spiro atoms. The topological polar surface area (TPSA) is 85.2 Å². The van der Waals surface area contributed by atoms with Crippen LogP contribution < -0.4 is 10.6 Å². The Balaban J connectivity index is 1.58. The summed E-state index contributed by atoms with van der Waals surface area (Å²) in [6.45, 7) is 4.79. The monoisotopic (exact) mass is 394 g/mol. The molecule has 3 aromatic rings. The first-order chi connectivity index (χ1) is 14.0. The summed E-state index contributed by atoms with van der Waals surface area (Å²) in [5.74, 6) is 0.171. The average molecular weight is 394 g/mol. The van der Waals surface area contributed by atoms with Crippen molar-refractivity contribution in [2.75, 3.05) is 11.4 Å². The van der Waals surface area contributed by atoms with Gasteiger partial charge in [0.1, 0.15) is 5.82 Å². The standard InChI is InChI=1S/C22H23FN4O2/c1-13-3-6-17(9-14(13)2)27-12-16(5-8-20(27)28)22-25-21(26-29-22)18-7-4-15(11-24)10-19(18)23/h3-4,6-7,9-10,16H,5,8,11-12,24H2,1-2H3. The van der Waals surface area contributed by atoms with E-state index in [2.05, 4.69) is 10.1 Å². The number of halogens is 1. The van der Waals surface area contributed by atoms with Gasteiger partial charge in [0.05, 0.1) is 11.5 Å². The van der Waals surface area contributed by atoms with E-state index in [9.17, 15) is 9.18 Å². The number of amides is 1. The van der Waals surface area contributed by atoms with E-state index < -0.39 is 5.82 Å². The summed E-state index contributed by atoms with van der Waals surface area (Å²) in [6.07, 6.45) is 1.02. The predicted molar refractivity (Wildman–Crippen MR) is 108 cm³/mol. The number of benzene rings is 2. The van der Waals surface area contributed by atoms with Crippen LogP contribution in [0.1, 0.15) is 41.3 Å². The van der Waals surface area contributed by atoms with Crippen molar-refractivity contribution in [3.8, 4) is 11.4 Å². The maximum absolute atomic E-state index is 14.3. The van der Waals surface area contributed by atoms with E-state index in [4.69, 9.17) is 10.3 Å². The lowest BCUT2D eigenvalue weighted by molar-refractivity contribution is -0.119. The van der Waals surface area contributed by atoms with Gasteiger partial charge in [-0.1, -0.05) is 17.3 Å². The summed E-state index contributed by atoms with van der Waals surface area (Å²) in [5.41, 5.74) is 9.70. The van der Waals surface area contributed by atoms with Gasteiger partial charge in [0.15, 0.2) is 0 Å². The van der Waals surface area contributed by atoms with E-state index in [1.165, 1.54) is 11.6 Å². The number of carbonyl (C=O) groups excluding carboxylic acids is 1. The van der Waals surface area contributed by atoms with Crippen LogP contribution in [0.4, 0.5) is 10.1 Å². The first-order valence-electron chi connectivity index (χ1n) is 9.66. The van der Waals surface area contributed by atoms with Crippen molar-refractivity contribution < 1.29 is 13.7 Å². The summed E-state index contributed by atoms with van der Waals surface area (Å²) in [6, 6.07) is 10.7. The van der Waals surface area contributed by atoms with Gasteiger partial charge >= 0.3 is 0 Å². The van der Waals surface area contributed by atoms with Crippen LogP contribution in [0.3, 0.4) is 0 Å². The van der Waals surface area contributed by atoms with Gasteiger partial charge in [-0.05, 0) is 61.2 Å². The number of piperidine rings is 1. The van der Waals surface area contributed by atoms with Gasteiger partial charge in [0.25, 0.3) is 0 Å². The van der Waals surface area contributed by atoms with Crippen LogP contribution in [0.25, 0.3) is 11.4 Å². The van der Waals surface area contributed by atoms with Crippen molar-refractivity contribution in [3.05, 3.63) is 64.8 Å². The molecule has 0 radical (unpaired) electrons. The van der Waals surface area contributed by atoms with Gasteiger partial charge in [-0.25, -0.2) is 4.39 Å². The third kappa shape index (κ3) is 3.78. The van der Waals surface area contributed by atoms with Gasteiger partial charge < -0.3 is 15.2 Å². The fraction of sp³-hybridized carbons (Fsp3) is 0.318. The second-order valence-electron chi connectivity index (χ2n) is 7.48. The summed E-state index contributed by atoms with van der Waals surface area (Å²) in [7, 11) is 0. The molecule has 1 saturated heterocycles. The summed E-state index contributed by atoms with van der Waals surface area (Å²) >= 11 is 0. The highest BCUT2D eigenvalue weighted by atomic mass is 19.1. The molecule has 2 N–H and O–H groups in total. The Morgan fingerprint density at radius 2 is 2.03 bits per heavy atom. The summed E-state index contributed by atoms with van der Waals surface area (Å²) in [5, 5.41) is 3.96. The predicted octanol–water partition coefficient (Wildman–Crippen LogP) is 3.86. The number of aryl methyl sites for hydroxylation is 2. The first-order valence-corrected chi connectivity index (χ1v) is 9.66. The average Bonchev–Trinajstić information content (AvgIpc) is 3.20. The molecule has 1 aliphatic rings. The Morgan fingerprint density at radius 3 is 2.76 bits per heavy atom. The minimum Gasteiger partial charge on any atom is -0.339 e. The largest absolute Gasteiger partial charge is 0.339 e. The van der Waals surface area contributed by atoms with Crippen LogP contribution in [0.15, 0.2) is 40.9 Å². The SMILES string of the molecule is Cc1ccc(N2CC(c3nc(-c4ccc(CN)cc4F)no3)CCC2=O)cc1C. The number of nitrogens with zero attached hydrogens (tertiary/aromatic N) is 3. The van der Waals surface area contributed by atoms with Gasteiger partial charge in [-0.2, -0.15) is 4.98 Å². The number of hydrogen-bond donors (Lipinski definition) is 1. The van der Waals surface area contributed by atoms with Gasteiger partial charge in [-0.3, -0.25) is 4.79 Å². The molecule has 7 heteroatoms. The molecule has 150 valence electrons. The zero-order valence-corrected chi connectivity index (χ0v) is 16.5. The molecule has 1 aromatic heterocycles. The van der Waals surface area contributed by atoms with Crippen molar-refractivity contribution in [2.24, 2.45) is 5.73 Å². The lowest BCUT2D eigenvalue weighted by atomic mass is 9.96. The highest BCUT2D eigenvalue weighted by molar-refractivity contribution is 5.94. The third-order valence-electron chi connectivity index (χ3n) is 5.51. The normalized spacial score (nSPS) is 17.0. The number of hydrogen-bond acceptors (Lipinski definition) is 5. The molecule has 1 aliphatic heterocycles. The van der Waals surface area contributed by atoms with Crippen LogP contribution in [-0.2, 0) is 11.3 Å². The Kier molecular flexibility index (Phi) is 5.15. The molecule has 4 rings (SSSR count). The molecule has 2 aromatic carbocycles. The highest BCUT2D eigenvalue weighted by Gasteiger charge is 2.31. The van der Waals surface area contributed by atoms with E-state index in [-0.39, 0.29) is 29.8 Å². The van der Waals surface area contributed by atoms with E-state index in [0.29, 0.717) is 30.8 Å². The number of anilines is 1. The van der Waals surface area contributed by atoms with Crippen LogP contribution >= 0.6 is 0 Å². The molecule has 1 unspecified atom stereocenters. The minimum atomic E-state index is -0.434. The Hall–Kier alpha value is -3.06. The molecule has 29 heavy (non-hydrogen) atoms.